The van der Waals surface area contributed by atoms with Crippen molar-refractivity contribution < 1.29 is 9.18 Å². The molecule has 1 saturated heterocycles. The third kappa shape index (κ3) is 2.46. The fraction of sp³-hybridized carbons (Fsp3) is 0.353. The van der Waals surface area contributed by atoms with Crippen LogP contribution in [0.2, 0.25) is 0 Å². The molecule has 6 nitrogen and oxygen atoms in total. The highest BCUT2D eigenvalue weighted by Gasteiger charge is 2.27. The molecular weight excluding hydrogens is 309 g/mol. The van der Waals surface area contributed by atoms with Crippen LogP contribution in [0.15, 0.2) is 30.9 Å². The highest BCUT2D eigenvalue weighted by Crippen LogP contribution is 2.26. The molecule has 1 aliphatic heterocycles. The zero-order valence-electron chi connectivity index (χ0n) is 13.4. The molecule has 0 aliphatic carbocycles. The minimum Gasteiger partial charge on any atom is -0.344 e. The van der Waals surface area contributed by atoms with Gasteiger partial charge in [0.2, 0.25) is 0 Å². The third-order valence-corrected chi connectivity index (χ3v) is 4.66. The maximum atomic E-state index is 13.8. The van der Waals surface area contributed by atoms with Gasteiger partial charge in [-0.2, -0.15) is 0 Å². The van der Waals surface area contributed by atoms with Gasteiger partial charge in [0.05, 0.1) is 23.4 Å². The third-order valence-electron chi connectivity index (χ3n) is 4.66. The average molecular weight is 327 g/mol. The molecule has 2 aromatic heterocycles. The van der Waals surface area contributed by atoms with Gasteiger partial charge in [0.1, 0.15) is 17.2 Å². The molecule has 0 bridgehead atoms. The van der Waals surface area contributed by atoms with E-state index in [0.29, 0.717) is 29.7 Å². The number of carbonyl (C=O) groups is 1. The van der Waals surface area contributed by atoms with E-state index in [9.17, 15) is 9.18 Å². The SMILES string of the molecule is Cc1nccn1[C@H]1CCCN(C(=O)c2cc(F)cc3[nH]cnc23)C1. The number of hydrogen-bond acceptors (Lipinski definition) is 3. The van der Waals surface area contributed by atoms with Crippen LogP contribution in [-0.2, 0) is 0 Å². The van der Waals surface area contributed by atoms with E-state index < -0.39 is 5.82 Å². The Labute approximate surface area is 138 Å². The van der Waals surface area contributed by atoms with E-state index in [1.807, 2.05) is 13.1 Å². The number of carbonyl (C=O) groups excluding carboxylic acids is 1. The lowest BCUT2D eigenvalue weighted by atomic mass is 10.0. The molecule has 1 amide bonds. The number of benzene rings is 1. The lowest BCUT2D eigenvalue weighted by molar-refractivity contribution is 0.0679. The molecule has 1 atom stereocenters. The molecule has 3 aromatic rings. The summed E-state index contributed by atoms with van der Waals surface area (Å²) in [5.41, 5.74) is 1.37. The number of rotatable bonds is 2. The van der Waals surface area contributed by atoms with Gasteiger partial charge >= 0.3 is 0 Å². The van der Waals surface area contributed by atoms with Crippen LogP contribution in [0, 0.1) is 12.7 Å². The second-order valence-electron chi connectivity index (χ2n) is 6.18. The summed E-state index contributed by atoms with van der Waals surface area (Å²) in [6.45, 7) is 3.23. The molecule has 24 heavy (non-hydrogen) atoms. The fourth-order valence-corrected chi connectivity index (χ4v) is 3.49. The number of aromatic amines is 1. The first-order chi connectivity index (χ1) is 11.6. The number of hydrogen-bond donors (Lipinski definition) is 1. The fourth-order valence-electron chi connectivity index (χ4n) is 3.49. The summed E-state index contributed by atoms with van der Waals surface area (Å²) in [6.07, 6.45) is 7.11. The molecular formula is C17H18FN5O. The second kappa shape index (κ2) is 5.74. The number of fused-ring (bicyclic) bond motifs is 1. The predicted molar refractivity (Wildman–Crippen MR) is 87.2 cm³/mol. The lowest BCUT2D eigenvalue weighted by Crippen LogP contribution is -2.41. The normalized spacial score (nSPS) is 18.2. The molecule has 1 fully saturated rings. The van der Waals surface area contributed by atoms with Gasteiger partial charge in [0.15, 0.2) is 0 Å². The smallest absolute Gasteiger partial charge is 0.256 e. The maximum Gasteiger partial charge on any atom is 0.256 e. The number of imidazole rings is 2. The molecule has 7 heteroatoms. The van der Waals surface area contributed by atoms with Gasteiger partial charge in [-0.15, -0.1) is 0 Å². The van der Waals surface area contributed by atoms with Gasteiger partial charge in [-0.3, -0.25) is 4.79 Å². The Balaban J connectivity index is 1.64. The number of likely N-dealkylation sites (tertiary alicyclic amines) is 1. The van der Waals surface area contributed by atoms with Crippen molar-refractivity contribution in [3.05, 3.63) is 48.1 Å². The average Bonchev–Trinajstić information content (AvgIpc) is 3.22. The van der Waals surface area contributed by atoms with Gasteiger partial charge in [-0.05, 0) is 31.9 Å². The zero-order chi connectivity index (χ0) is 16.7. The molecule has 1 N–H and O–H groups in total. The van der Waals surface area contributed by atoms with E-state index in [2.05, 4.69) is 19.5 Å². The van der Waals surface area contributed by atoms with Crippen LogP contribution in [-0.4, -0.2) is 43.4 Å². The molecule has 1 aliphatic rings. The van der Waals surface area contributed by atoms with E-state index in [-0.39, 0.29) is 11.9 Å². The summed E-state index contributed by atoms with van der Waals surface area (Å²) in [7, 11) is 0. The van der Waals surface area contributed by atoms with Crippen LogP contribution in [0.3, 0.4) is 0 Å². The molecule has 0 radical (unpaired) electrons. The van der Waals surface area contributed by atoms with Crippen LogP contribution in [0.1, 0.15) is 35.1 Å². The molecule has 0 unspecified atom stereocenters. The van der Waals surface area contributed by atoms with E-state index in [1.54, 1.807) is 11.1 Å². The number of halogens is 1. The summed E-state index contributed by atoms with van der Waals surface area (Å²) in [6, 6.07) is 2.83. The van der Waals surface area contributed by atoms with Gasteiger partial charge in [0, 0.05) is 25.5 Å². The first kappa shape index (κ1) is 14.9. The standard InChI is InChI=1S/C17H18FN5O/c1-11-19-4-6-23(11)13-3-2-5-22(9-13)17(24)14-7-12(18)8-15-16(14)21-10-20-15/h4,6-8,10,13H,2-3,5,9H2,1H3,(H,20,21)/t13-/m0/s1. The minimum absolute atomic E-state index is 0.172. The first-order valence-corrected chi connectivity index (χ1v) is 8.05. The number of piperidine rings is 1. The Morgan fingerprint density at radius 2 is 2.25 bits per heavy atom. The Morgan fingerprint density at radius 3 is 3.04 bits per heavy atom. The van der Waals surface area contributed by atoms with Crippen LogP contribution in [0.5, 0.6) is 0 Å². The maximum absolute atomic E-state index is 13.8. The van der Waals surface area contributed by atoms with Crippen molar-refractivity contribution in [2.75, 3.05) is 13.1 Å². The number of aromatic nitrogens is 4. The molecule has 4 rings (SSSR count). The van der Waals surface area contributed by atoms with Crippen molar-refractivity contribution in [2.45, 2.75) is 25.8 Å². The summed E-state index contributed by atoms with van der Waals surface area (Å²) in [4.78, 5) is 26.0. The number of nitrogens with one attached hydrogen (secondary N) is 1. The van der Waals surface area contributed by atoms with Gasteiger partial charge < -0.3 is 14.5 Å². The van der Waals surface area contributed by atoms with Crippen LogP contribution in [0.4, 0.5) is 4.39 Å². The first-order valence-electron chi connectivity index (χ1n) is 8.05. The Kier molecular flexibility index (Phi) is 3.55. The highest BCUT2D eigenvalue weighted by molar-refractivity contribution is 6.04. The minimum atomic E-state index is -0.436. The van der Waals surface area contributed by atoms with Crippen LogP contribution >= 0.6 is 0 Å². The molecule has 0 saturated carbocycles. The second-order valence-corrected chi connectivity index (χ2v) is 6.18. The predicted octanol–water partition coefficient (Wildman–Crippen LogP) is 2.68. The Bertz CT molecular complexity index is 899. The molecule has 124 valence electrons. The van der Waals surface area contributed by atoms with Crippen molar-refractivity contribution in [2.24, 2.45) is 0 Å². The Morgan fingerprint density at radius 1 is 1.38 bits per heavy atom. The van der Waals surface area contributed by atoms with E-state index in [0.717, 1.165) is 18.7 Å². The zero-order valence-corrected chi connectivity index (χ0v) is 13.4. The van der Waals surface area contributed by atoms with Gasteiger partial charge in [0.25, 0.3) is 5.91 Å². The molecule has 3 heterocycles. The van der Waals surface area contributed by atoms with Gasteiger partial charge in [-0.25, -0.2) is 14.4 Å². The highest BCUT2D eigenvalue weighted by atomic mass is 19.1. The van der Waals surface area contributed by atoms with Crippen LogP contribution < -0.4 is 0 Å². The number of nitrogens with zero attached hydrogens (tertiary/aromatic N) is 4. The number of H-pyrrole nitrogens is 1. The van der Waals surface area contributed by atoms with Crippen molar-refractivity contribution >= 4 is 16.9 Å². The van der Waals surface area contributed by atoms with Crippen molar-refractivity contribution in [1.82, 2.24) is 24.4 Å². The Hall–Kier alpha value is -2.70. The van der Waals surface area contributed by atoms with E-state index in [1.165, 1.54) is 18.5 Å². The summed E-state index contributed by atoms with van der Waals surface area (Å²) >= 11 is 0. The van der Waals surface area contributed by atoms with Gasteiger partial charge in [-0.1, -0.05) is 0 Å². The van der Waals surface area contributed by atoms with Crippen molar-refractivity contribution in [3.63, 3.8) is 0 Å². The van der Waals surface area contributed by atoms with Crippen molar-refractivity contribution in [3.8, 4) is 0 Å². The molecule has 0 spiro atoms. The largest absolute Gasteiger partial charge is 0.344 e. The summed E-state index contributed by atoms with van der Waals surface area (Å²) < 4.78 is 15.9. The van der Waals surface area contributed by atoms with Crippen molar-refractivity contribution in [1.29, 1.82) is 0 Å². The summed E-state index contributed by atoms with van der Waals surface area (Å²) in [5, 5.41) is 0. The summed E-state index contributed by atoms with van der Waals surface area (Å²) in [5.74, 6) is 0.331. The monoisotopic (exact) mass is 327 g/mol. The van der Waals surface area contributed by atoms with Crippen LogP contribution in [0.25, 0.3) is 11.0 Å². The van der Waals surface area contributed by atoms with E-state index >= 15 is 0 Å². The lowest BCUT2D eigenvalue weighted by Gasteiger charge is -2.34. The number of aryl methyl sites for hydroxylation is 1. The number of amides is 1. The topological polar surface area (TPSA) is 66.8 Å². The van der Waals surface area contributed by atoms with E-state index in [4.69, 9.17) is 0 Å². The molecule has 1 aromatic carbocycles. The quantitative estimate of drug-likeness (QED) is 0.787.